The zero-order chi connectivity index (χ0) is 11.5. The van der Waals surface area contributed by atoms with Gasteiger partial charge in [-0.05, 0) is 28.9 Å². The molecule has 2 heterocycles. The molecule has 0 N–H and O–H groups in total. The van der Waals surface area contributed by atoms with Crippen molar-refractivity contribution in [1.29, 1.82) is 0 Å². The highest BCUT2D eigenvalue weighted by Gasteiger charge is 2.10. The zero-order valence-corrected chi connectivity index (χ0v) is 10.7. The van der Waals surface area contributed by atoms with Crippen molar-refractivity contribution in [2.24, 2.45) is 0 Å². The molecule has 0 bridgehead atoms. The van der Waals surface area contributed by atoms with E-state index < -0.39 is 0 Å². The second-order valence-corrected chi connectivity index (χ2v) is 4.41. The summed E-state index contributed by atoms with van der Waals surface area (Å²) in [6.45, 7) is 2.72. The fourth-order valence-electron chi connectivity index (χ4n) is 1.49. The SMILES string of the molecule is Cc1occc1CN(C)c1ncncc1Br. The lowest BCUT2D eigenvalue weighted by Crippen LogP contribution is -2.18. The molecule has 0 spiro atoms. The van der Waals surface area contributed by atoms with Gasteiger partial charge in [-0.25, -0.2) is 9.97 Å². The van der Waals surface area contributed by atoms with Crippen molar-refractivity contribution in [2.45, 2.75) is 13.5 Å². The van der Waals surface area contributed by atoms with E-state index in [1.165, 1.54) is 0 Å². The van der Waals surface area contributed by atoms with Gasteiger partial charge in [0.2, 0.25) is 0 Å². The molecule has 0 radical (unpaired) electrons. The molecule has 16 heavy (non-hydrogen) atoms. The third-order valence-electron chi connectivity index (χ3n) is 2.38. The molecule has 4 nitrogen and oxygen atoms in total. The summed E-state index contributed by atoms with van der Waals surface area (Å²) in [5, 5.41) is 0. The molecule has 0 atom stereocenters. The lowest BCUT2D eigenvalue weighted by atomic mass is 10.2. The van der Waals surface area contributed by atoms with E-state index in [0.717, 1.165) is 28.2 Å². The van der Waals surface area contributed by atoms with E-state index in [1.807, 2.05) is 24.9 Å². The molecule has 0 fully saturated rings. The minimum atomic E-state index is 0.762. The Morgan fingerprint density at radius 1 is 1.50 bits per heavy atom. The van der Waals surface area contributed by atoms with Crippen LogP contribution in [-0.2, 0) is 6.54 Å². The van der Waals surface area contributed by atoms with E-state index in [1.54, 1.807) is 18.8 Å². The highest BCUT2D eigenvalue weighted by Crippen LogP contribution is 2.23. The molecule has 2 rings (SSSR count). The van der Waals surface area contributed by atoms with Crippen LogP contribution in [0.3, 0.4) is 0 Å². The van der Waals surface area contributed by atoms with Crippen molar-refractivity contribution in [3.63, 3.8) is 0 Å². The van der Waals surface area contributed by atoms with E-state index in [-0.39, 0.29) is 0 Å². The summed E-state index contributed by atoms with van der Waals surface area (Å²) in [5.74, 6) is 1.81. The Labute approximate surface area is 102 Å². The Balaban J connectivity index is 2.18. The molecule has 0 unspecified atom stereocenters. The number of hydrogen-bond acceptors (Lipinski definition) is 4. The van der Waals surface area contributed by atoms with E-state index in [4.69, 9.17) is 4.42 Å². The number of halogens is 1. The molecule has 5 heteroatoms. The van der Waals surface area contributed by atoms with E-state index >= 15 is 0 Å². The summed E-state index contributed by atoms with van der Waals surface area (Å²) in [5.41, 5.74) is 1.16. The first-order valence-electron chi connectivity index (χ1n) is 4.88. The molecule has 0 aliphatic heterocycles. The second-order valence-electron chi connectivity index (χ2n) is 3.55. The maximum absolute atomic E-state index is 5.26. The van der Waals surface area contributed by atoms with Crippen molar-refractivity contribution in [3.05, 3.63) is 40.7 Å². The van der Waals surface area contributed by atoms with Gasteiger partial charge < -0.3 is 9.32 Å². The number of anilines is 1. The quantitative estimate of drug-likeness (QED) is 0.868. The van der Waals surface area contributed by atoms with Crippen LogP contribution in [0.5, 0.6) is 0 Å². The fraction of sp³-hybridized carbons (Fsp3) is 0.273. The Morgan fingerprint density at radius 2 is 2.31 bits per heavy atom. The summed E-state index contributed by atoms with van der Waals surface area (Å²) < 4.78 is 6.15. The summed E-state index contributed by atoms with van der Waals surface area (Å²) >= 11 is 3.43. The average molecular weight is 282 g/mol. The zero-order valence-electron chi connectivity index (χ0n) is 9.14. The van der Waals surface area contributed by atoms with Crippen LogP contribution in [0, 0.1) is 6.92 Å². The first-order chi connectivity index (χ1) is 7.68. The molecule has 0 aromatic carbocycles. The highest BCUT2D eigenvalue weighted by atomic mass is 79.9. The molecule has 2 aromatic heterocycles. The van der Waals surface area contributed by atoms with Gasteiger partial charge in [0.1, 0.15) is 17.9 Å². The molecule has 2 aromatic rings. The van der Waals surface area contributed by atoms with Crippen LogP contribution >= 0.6 is 15.9 Å². The molecule has 84 valence electrons. The Bertz CT molecular complexity index is 484. The van der Waals surface area contributed by atoms with Crippen LogP contribution in [0.25, 0.3) is 0 Å². The van der Waals surface area contributed by atoms with Gasteiger partial charge in [0.15, 0.2) is 0 Å². The van der Waals surface area contributed by atoms with Crippen LogP contribution in [0.4, 0.5) is 5.82 Å². The number of nitrogens with zero attached hydrogens (tertiary/aromatic N) is 3. The predicted molar refractivity (Wildman–Crippen MR) is 65.3 cm³/mol. The molecule has 0 aliphatic carbocycles. The van der Waals surface area contributed by atoms with Crippen molar-refractivity contribution in [1.82, 2.24) is 9.97 Å². The monoisotopic (exact) mass is 281 g/mol. The van der Waals surface area contributed by atoms with Gasteiger partial charge in [0.25, 0.3) is 0 Å². The van der Waals surface area contributed by atoms with Crippen LogP contribution in [0.1, 0.15) is 11.3 Å². The molecular formula is C11H12BrN3O. The summed E-state index contributed by atoms with van der Waals surface area (Å²) in [6.07, 6.45) is 4.98. The predicted octanol–water partition coefficient (Wildman–Crippen LogP) is 2.78. The number of hydrogen-bond donors (Lipinski definition) is 0. The largest absolute Gasteiger partial charge is 0.469 e. The number of aromatic nitrogens is 2. The van der Waals surface area contributed by atoms with E-state index in [0.29, 0.717) is 0 Å². The van der Waals surface area contributed by atoms with Gasteiger partial charge in [-0.2, -0.15) is 0 Å². The summed E-state index contributed by atoms with van der Waals surface area (Å²) in [4.78, 5) is 10.2. The van der Waals surface area contributed by atoms with Gasteiger partial charge in [0.05, 0.1) is 10.7 Å². The third kappa shape index (κ3) is 2.24. The standard InChI is InChI=1S/C11H12BrN3O/c1-8-9(3-4-16-8)6-15(2)11-10(12)5-13-7-14-11/h3-5,7H,6H2,1-2H3. The first kappa shape index (κ1) is 11.1. The van der Waals surface area contributed by atoms with E-state index in [9.17, 15) is 0 Å². The van der Waals surface area contributed by atoms with Crippen LogP contribution < -0.4 is 4.90 Å². The number of furan rings is 1. The third-order valence-corrected chi connectivity index (χ3v) is 2.94. The van der Waals surface area contributed by atoms with Crippen molar-refractivity contribution in [2.75, 3.05) is 11.9 Å². The summed E-state index contributed by atoms with van der Waals surface area (Å²) in [6, 6.07) is 1.97. The van der Waals surface area contributed by atoms with E-state index in [2.05, 4.69) is 25.9 Å². The molecular weight excluding hydrogens is 270 g/mol. The van der Waals surface area contributed by atoms with Crippen LogP contribution in [0.15, 0.2) is 33.7 Å². The van der Waals surface area contributed by atoms with Crippen LogP contribution in [0.2, 0.25) is 0 Å². The Kier molecular flexibility index (Phi) is 3.24. The van der Waals surface area contributed by atoms with Gasteiger partial charge >= 0.3 is 0 Å². The molecule has 0 aliphatic rings. The van der Waals surface area contributed by atoms with Crippen LogP contribution in [-0.4, -0.2) is 17.0 Å². The fourth-order valence-corrected chi connectivity index (χ4v) is 2.02. The Morgan fingerprint density at radius 3 is 2.94 bits per heavy atom. The molecule has 0 saturated carbocycles. The maximum Gasteiger partial charge on any atom is 0.146 e. The molecule has 0 saturated heterocycles. The summed E-state index contributed by atoms with van der Waals surface area (Å²) in [7, 11) is 1.99. The van der Waals surface area contributed by atoms with Crippen molar-refractivity contribution >= 4 is 21.7 Å². The normalized spacial score (nSPS) is 10.4. The maximum atomic E-state index is 5.26. The van der Waals surface area contributed by atoms with Crippen molar-refractivity contribution in [3.8, 4) is 0 Å². The molecule has 0 amide bonds. The minimum absolute atomic E-state index is 0.762. The average Bonchev–Trinajstić information content (AvgIpc) is 2.65. The first-order valence-corrected chi connectivity index (χ1v) is 5.67. The lowest BCUT2D eigenvalue weighted by Gasteiger charge is -2.18. The minimum Gasteiger partial charge on any atom is -0.469 e. The van der Waals surface area contributed by atoms with Gasteiger partial charge in [-0.1, -0.05) is 0 Å². The second kappa shape index (κ2) is 4.65. The Hall–Kier alpha value is -1.36. The number of aryl methyl sites for hydroxylation is 1. The van der Waals surface area contributed by atoms with Gasteiger partial charge in [-0.15, -0.1) is 0 Å². The van der Waals surface area contributed by atoms with Gasteiger partial charge in [0, 0.05) is 25.4 Å². The lowest BCUT2D eigenvalue weighted by molar-refractivity contribution is 0.529. The van der Waals surface area contributed by atoms with Gasteiger partial charge in [-0.3, -0.25) is 0 Å². The van der Waals surface area contributed by atoms with Crippen molar-refractivity contribution < 1.29 is 4.42 Å². The smallest absolute Gasteiger partial charge is 0.146 e. The topological polar surface area (TPSA) is 42.2 Å². The highest BCUT2D eigenvalue weighted by molar-refractivity contribution is 9.10. The number of rotatable bonds is 3.